The molecule has 4 aromatic rings. The summed E-state index contributed by atoms with van der Waals surface area (Å²) in [5.41, 5.74) is -0.595. The van der Waals surface area contributed by atoms with Crippen molar-refractivity contribution in [3.05, 3.63) is 95.8 Å². The number of ether oxygens (including phenoxy) is 2. The number of aromatic nitrogens is 2. The number of benzene rings is 2. The molecule has 2 aliphatic rings. The van der Waals surface area contributed by atoms with Crippen molar-refractivity contribution in [2.75, 3.05) is 53.9 Å². The molecule has 13 heteroatoms. The molecule has 0 spiro atoms. The van der Waals surface area contributed by atoms with Crippen molar-refractivity contribution in [2.45, 2.75) is 24.3 Å². The van der Waals surface area contributed by atoms with E-state index >= 15 is 4.79 Å². The second-order valence-corrected chi connectivity index (χ2v) is 12.4. The Morgan fingerprint density at radius 1 is 0.978 bits per heavy atom. The van der Waals surface area contributed by atoms with Gasteiger partial charge in [-0.25, -0.2) is 18.4 Å². The molecule has 236 valence electrons. The summed E-state index contributed by atoms with van der Waals surface area (Å²) in [6.07, 6.45) is 3.14. The van der Waals surface area contributed by atoms with Gasteiger partial charge >= 0.3 is 0 Å². The van der Waals surface area contributed by atoms with E-state index in [1.54, 1.807) is 56.4 Å². The fourth-order valence-electron chi connectivity index (χ4n) is 5.87. The van der Waals surface area contributed by atoms with E-state index in [-0.39, 0.29) is 52.1 Å². The van der Waals surface area contributed by atoms with Crippen LogP contribution >= 0.6 is 0 Å². The minimum Gasteiger partial charge on any atom is -0.492 e. The predicted molar refractivity (Wildman–Crippen MR) is 173 cm³/mol. The van der Waals surface area contributed by atoms with Crippen molar-refractivity contribution in [2.24, 2.45) is 0 Å². The van der Waals surface area contributed by atoms with Gasteiger partial charge in [-0.05, 0) is 68.4 Å². The molecule has 12 nitrogen and oxygen atoms in total. The number of fused-ring (bicyclic) bond motifs is 1. The third-order valence-corrected chi connectivity index (χ3v) is 9.63. The third-order valence-electron chi connectivity index (χ3n) is 7.90. The van der Waals surface area contributed by atoms with Crippen molar-refractivity contribution in [3.63, 3.8) is 0 Å². The first-order chi connectivity index (χ1) is 22.3. The zero-order valence-electron chi connectivity index (χ0n) is 25.4. The molecule has 46 heavy (non-hydrogen) atoms. The first-order valence-corrected chi connectivity index (χ1v) is 16.4. The maximum atomic E-state index is 15.1. The summed E-state index contributed by atoms with van der Waals surface area (Å²) in [4.78, 5) is 26.2. The van der Waals surface area contributed by atoms with Gasteiger partial charge in [0.1, 0.15) is 16.5 Å². The molecular weight excluding hydrogens is 606 g/mol. The SMILES string of the molecule is CCOc1ccccc1S(=O)(=O)N1C(=O)C(Nc2ccc(N3CCNCC3)nc2)(c2cccnc2OCC)c2cc(C#N)ccc21. The van der Waals surface area contributed by atoms with Gasteiger partial charge in [-0.2, -0.15) is 9.57 Å². The number of hydrogen-bond acceptors (Lipinski definition) is 11. The van der Waals surface area contributed by atoms with Gasteiger partial charge in [-0.1, -0.05) is 12.1 Å². The lowest BCUT2D eigenvalue weighted by Gasteiger charge is -2.32. The van der Waals surface area contributed by atoms with E-state index in [1.807, 2.05) is 6.07 Å². The molecule has 1 atom stereocenters. The van der Waals surface area contributed by atoms with Crippen LogP contribution < -0.4 is 29.3 Å². The number of rotatable bonds is 10. The molecule has 6 rings (SSSR count). The number of nitrogens with one attached hydrogen (secondary N) is 2. The number of para-hydroxylation sites is 1. The first kappa shape index (κ1) is 30.8. The molecular formula is C33H33N7O5S. The van der Waals surface area contributed by atoms with E-state index in [0.29, 0.717) is 5.69 Å². The molecule has 1 saturated heterocycles. The minimum absolute atomic E-state index is 0.0829. The summed E-state index contributed by atoms with van der Waals surface area (Å²) in [5.74, 6) is 0.198. The summed E-state index contributed by atoms with van der Waals surface area (Å²) in [6, 6.07) is 19.7. The van der Waals surface area contributed by atoms with Crippen LogP contribution in [0.25, 0.3) is 0 Å². The van der Waals surface area contributed by atoms with E-state index in [9.17, 15) is 13.7 Å². The van der Waals surface area contributed by atoms with Crippen molar-refractivity contribution in [1.82, 2.24) is 15.3 Å². The van der Waals surface area contributed by atoms with Gasteiger partial charge in [0.2, 0.25) is 5.88 Å². The van der Waals surface area contributed by atoms with Crippen LogP contribution in [-0.4, -0.2) is 63.7 Å². The number of anilines is 3. The molecule has 0 aliphatic carbocycles. The highest BCUT2D eigenvalue weighted by atomic mass is 32.2. The Kier molecular flexibility index (Phi) is 8.48. The van der Waals surface area contributed by atoms with Gasteiger partial charge in [0, 0.05) is 37.9 Å². The van der Waals surface area contributed by atoms with E-state index in [1.165, 1.54) is 30.5 Å². The van der Waals surface area contributed by atoms with Crippen molar-refractivity contribution < 1.29 is 22.7 Å². The zero-order valence-corrected chi connectivity index (χ0v) is 26.3. The van der Waals surface area contributed by atoms with Crippen LogP contribution in [0.5, 0.6) is 11.6 Å². The molecule has 2 aromatic carbocycles. The molecule has 0 bridgehead atoms. The maximum absolute atomic E-state index is 15.1. The second kappa shape index (κ2) is 12.7. The number of amides is 1. The lowest BCUT2D eigenvalue weighted by atomic mass is 9.83. The van der Waals surface area contributed by atoms with Crippen LogP contribution in [0.15, 0.2) is 84.0 Å². The number of pyridine rings is 2. The first-order valence-electron chi connectivity index (χ1n) is 15.0. The zero-order chi connectivity index (χ0) is 32.3. The summed E-state index contributed by atoms with van der Waals surface area (Å²) in [7, 11) is -4.54. The van der Waals surface area contributed by atoms with Gasteiger partial charge in [0.05, 0.1) is 48.0 Å². The predicted octanol–water partition coefficient (Wildman–Crippen LogP) is 3.65. The number of sulfonamides is 1. The lowest BCUT2D eigenvalue weighted by Crippen LogP contribution is -2.49. The fourth-order valence-corrected chi connectivity index (χ4v) is 7.47. The van der Waals surface area contributed by atoms with Crippen LogP contribution in [0.1, 0.15) is 30.5 Å². The summed E-state index contributed by atoms with van der Waals surface area (Å²) in [6.45, 7) is 7.28. The van der Waals surface area contributed by atoms with E-state index in [2.05, 4.69) is 31.6 Å². The molecule has 0 radical (unpaired) electrons. The Bertz CT molecular complexity index is 1910. The number of carbonyl (C=O) groups excluding carboxylic acids is 1. The number of nitrogens with zero attached hydrogens (tertiary/aromatic N) is 5. The highest BCUT2D eigenvalue weighted by Gasteiger charge is 2.58. The van der Waals surface area contributed by atoms with Crippen LogP contribution in [0.2, 0.25) is 0 Å². The molecule has 1 amide bonds. The van der Waals surface area contributed by atoms with Crippen LogP contribution in [0.4, 0.5) is 17.2 Å². The van der Waals surface area contributed by atoms with Gasteiger partial charge in [0.25, 0.3) is 15.9 Å². The largest absolute Gasteiger partial charge is 0.492 e. The van der Waals surface area contributed by atoms with E-state index < -0.39 is 21.5 Å². The molecule has 0 saturated carbocycles. The molecule has 4 heterocycles. The van der Waals surface area contributed by atoms with Gasteiger partial charge in [-0.15, -0.1) is 0 Å². The molecule has 1 unspecified atom stereocenters. The third kappa shape index (κ3) is 5.25. The summed E-state index contributed by atoms with van der Waals surface area (Å²) < 4.78 is 41.4. The Morgan fingerprint density at radius 3 is 2.48 bits per heavy atom. The highest BCUT2D eigenvalue weighted by molar-refractivity contribution is 7.93. The van der Waals surface area contributed by atoms with Crippen molar-refractivity contribution >= 4 is 33.1 Å². The minimum atomic E-state index is -4.54. The highest BCUT2D eigenvalue weighted by Crippen LogP contribution is 2.51. The van der Waals surface area contributed by atoms with Gasteiger partial charge in [0.15, 0.2) is 5.54 Å². The van der Waals surface area contributed by atoms with Crippen molar-refractivity contribution in [1.29, 1.82) is 5.26 Å². The smallest absolute Gasteiger partial charge is 0.276 e. The normalized spacial score (nSPS) is 17.7. The monoisotopic (exact) mass is 639 g/mol. The van der Waals surface area contributed by atoms with E-state index in [0.717, 1.165) is 36.3 Å². The lowest BCUT2D eigenvalue weighted by molar-refractivity contribution is -0.120. The number of nitriles is 1. The van der Waals surface area contributed by atoms with Crippen LogP contribution in [0, 0.1) is 11.3 Å². The Labute approximate surface area is 267 Å². The Balaban J connectivity index is 1.57. The number of piperazine rings is 1. The molecule has 1 fully saturated rings. The average Bonchev–Trinajstić information content (AvgIpc) is 3.33. The van der Waals surface area contributed by atoms with Crippen LogP contribution in [-0.2, 0) is 20.4 Å². The second-order valence-electron chi connectivity index (χ2n) is 10.6. The Hall–Kier alpha value is -5.19. The molecule has 2 aliphatic heterocycles. The van der Waals surface area contributed by atoms with Gasteiger partial charge in [-0.3, -0.25) is 4.79 Å². The quantitative estimate of drug-likeness (QED) is 0.262. The topological polar surface area (TPSA) is 150 Å². The average molecular weight is 640 g/mol. The summed E-state index contributed by atoms with van der Waals surface area (Å²) in [5, 5.41) is 16.6. The fraction of sp³-hybridized carbons (Fsp3) is 0.273. The standard InChI is InChI=1S/C33H33N7O5S/c1-3-44-28-9-5-6-10-29(28)46(42,43)40-27-13-11-23(21-34)20-26(27)33(32(40)41,25-8-7-15-36-31(25)45-4-2)38-24-12-14-30(37-22-24)39-18-16-35-17-19-39/h5-15,20,22,35,38H,3-4,16-19H2,1-2H3. The van der Waals surface area contributed by atoms with E-state index in [4.69, 9.17) is 9.47 Å². The van der Waals surface area contributed by atoms with Gasteiger partial charge < -0.3 is 25.0 Å². The molecule has 2 N–H and O–H groups in total. The maximum Gasteiger partial charge on any atom is 0.276 e. The van der Waals surface area contributed by atoms with Crippen LogP contribution in [0.3, 0.4) is 0 Å². The molecule has 2 aromatic heterocycles. The number of hydrogen-bond donors (Lipinski definition) is 2. The summed E-state index contributed by atoms with van der Waals surface area (Å²) >= 11 is 0. The van der Waals surface area contributed by atoms with Crippen molar-refractivity contribution in [3.8, 4) is 17.7 Å². The Morgan fingerprint density at radius 2 is 1.76 bits per heavy atom. The number of carbonyl (C=O) groups is 1.